The van der Waals surface area contributed by atoms with Gasteiger partial charge in [0.25, 0.3) is 0 Å². The number of benzene rings is 3. The maximum atomic E-state index is 13.6. The second-order valence-electron chi connectivity index (χ2n) is 6.19. The fourth-order valence-electron chi connectivity index (χ4n) is 2.92. The summed E-state index contributed by atoms with van der Waals surface area (Å²) in [4.78, 5) is 0. The molecule has 0 radical (unpaired) electrons. The van der Waals surface area contributed by atoms with E-state index in [9.17, 15) is 18.3 Å². The third-order valence-electron chi connectivity index (χ3n) is 4.37. The molecule has 2 atom stereocenters. The Kier molecular flexibility index (Phi) is 5.56. The maximum Gasteiger partial charge on any atom is 0.417 e. The number of nitrogens with two attached hydrogens (primary N) is 1. The van der Waals surface area contributed by atoms with Crippen LogP contribution in [0.1, 0.15) is 28.8 Å². The van der Waals surface area contributed by atoms with E-state index in [2.05, 4.69) is 0 Å². The molecule has 0 bridgehead atoms. The number of halogens is 4. The minimum atomic E-state index is -4.56. The molecule has 3 rings (SSSR count). The topological polar surface area (TPSA) is 46.2 Å². The van der Waals surface area contributed by atoms with Gasteiger partial charge in [-0.15, -0.1) is 0 Å². The first-order chi connectivity index (χ1) is 12.8. The summed E-state index contributed by atoms with van der Waals surface area (Å²) in [6.07, 6.45) is -5.86. The van der Waals surface area contributed by atoms with E-state index in [1.807, 2.05) is 0 Å². The van der Waals surface area contributed by atoms with Gasteiger partial charge in [-0.05, 0) is 40.5 Å². The van der Waals surface area contributed by atoms with Gasteiger partial charge in [-0.2, -0.15) is 13.2 Å². The monoisotopic (exact) mass is 391 g/mol. The molecule has 0 aliphatic heterocycles. The average Bonchev–Trinajstić information content (AvgIpc) is 2.67. The van der Waals surface area contributed by atoms with E-state index >= 15 is 0 Å². The van der Waals surface area contributed by atoms with Crippen molar-refractivity contribution in [3.05, 3.63) is 94.5 Å². The zero-order valence-corrected chi connectivity index (χ0v) is 14.9. The van der Waals surface area contributed by atoms with Crippen LogP contribution in [0.4, 0.5) is 13.2 Å². The van der Waals surface area contributed by atoms with Crippen LogP contribution in [0.5, 0.6) is 0 Å². The van der Waals surface area contributed by atoms with Crippen LogP contribution in [0.15, 0.2) is 72.8 Å². The van der Waals surface area contributed by atoms with Gasteiger partial charge in [0.1, 0.15) is 0 Å². The zero-order valence-electron chi connectivity index (χ0n) is 14.1. The lowest BCUT2D eigenvalue weighted by Crippen LogP contribution is -2.20. The van der Waals surface area contributed by atoms with Crippen molar-refractivity contribution in [2.24, 2.45) is 5.73 Å². The van der Waals surface area contributed by atoms with Crippen LogP contribution in [-0.2, 0) is 6.18 Å². The molecule has 0 spiro atoms. The largest absolute Gasteiger partial charge is 0.417 e. The predicted octanol–water partition coefficient (Wildman–Crippen LogP) is 5.76. The van der Waals surface area contributed by atoms with Crippen molar-refractivity contribution in [1.82, 2.24) is 0 Å². The number of rotatable bonds is 4. The van der Waals surface area contributed by atoms with Crippen molar-refractivity contribution in [1.29, 1.82) is 0 Å². The van der Waals surface area contributed by atoms with Gasteiger partial charge < -0.3 is 10.8 Å². The van der Waals surface area contributed by atoms with Gasteiger partial charge in [0.05, 0.1) is 17.7 Å². The highest BCUT2D eigenvalue weighted by molar-refractivity contribution is 6.30. The van der Waals surface area contributed by atoms with E-state index in [0.717, 1.165) is 6.07 Å². The summed E-state index contributed by atoms with van der Waals surface area (Å²) >= 11 is 5.83. The minimum Gasteiger partial charge on any atom is -0.386 e. The van der Waals surface area contributed by atoms with Gasteiger partial charge in [0.2, 0.25) is 0 Å². The molecule has 140 valence electrons. The average molecular weight is 392 g/mol. The SMILES string of the molecule is NC(c1ccc(Cl)cc1)C(O)c1ccc(-c2ccccc2)c(C(F)(F)F)c1. The summed E-state index contributed by atoms with van der Waals surface area (Å²) in [5.74, 6) is 0. The highest BCUT2D eigenvalue weighted by atomic mass is 35.5. The molecular formula is C21H17ClF3NO. The molecule has 2 nitrogen and oxygen atoms in total. The molecule has 0 fully saturated rings. The van der Waals surface area contributed by atoms with E-state index < -0.39 is 23.9 Å². The third-order valence-corrected chi connectivity index (χ3v) is 4.62. The lowest BCUT2D eigenvalue weighted by atomic mass is 9.91. The van der Waals surface area contributed by atoms with E-state index in [1.54, 1.807) is 54.6 Å². The number of hydrogen-bond donors (Lipinski definition) is 2. The van der Waals surface area contributed by atoms with Crippen molar-refractivity contribution in [3.8, 4) is 11.1 Å². The molecule has 3 aromatic carbocycles. The Morgan fingerprint density at radius 3 is 2.04 bits per heavy atom. The number of aliphatic hydroxyl groups is 1. The molecular weight excluding hydrogens is 375 g/mol. The van der Waals surface area contributed by atoms with Crippen LogP contribution in [0, 0.1) is 0 Å². The molecule has 0 heterocycles. The van der Waals surface area contributed by atoms with E-state index in [0.29, 0.717) is 16.1 Å². The molecule has 0 saturated carbocycles. The second-order valence-corrected chi connectivity index (χ2v) is 6.63. The van der Waals surface area contributed by atoms with Crippen molar-refractivity contribution in [3.63, 3.8) is 0 Å². The Hall–Kier alpha value is -2.34. The molecule has 3 aromatic rings. The Labute approximate surface area is 160 Å². The van der Waals surface area contributed by atoms with Crippen LogP contribution in [0.25, 0.3) is 11.1 Å². The summed E-state index contributed by atoms with van der Waals surface area (Å²) in [7, 11) is 0. The Balaban J connectivity index is 2.00. The highest BCUT2D eigenvalue weighted by Crippen LogP contribution is 2.39. The quantitative estimate of drug-likeness (QED) is 0.594. The molecule has 27 heavy (non-hydrogen) atoms. The Morgan fingerprint density at radius 2 is 1.44 bits per heavy atom. The Bertz CT molecular complexity index is 911. The fraction of sp³-hybridized carbons (Fsp3) is 0.143. The minimum absolute atomic E-state index is 0.0547. The number of hydrogen-bond acceptors (Lipinski definition) is 2. The standard InChI is InChI=1S/C21H17ClF3NO/c22-16-9-6-14(7-10-16)19(26)20(27)15-8-11-17(13-4-2-1-3-5-13)18(12-15)21(23,24)25/h1-12,19-20,27H,26H2. The van der Waals surface area contributed by atoms with Gasteiger partial charge in [0, 0.05) is 5.02 Å². The zero-order chi connectivity index (χ0) is 19.6. The molecule has 3 N–H and O–H groups in total. The molecule has 0 aliphatic rings. The summed E-state index contributed by atoms with van der Waals surface area (Å²) < 4.78 is 40.9. The molecule has 2 unspecified atom stereocenters. The normalized spacial score (nSPS) is 14.0. The summed E-state index contributed by atoms with van der Waals surface area (Å²) in [6, 6.07) is 17.7. The van der Waals surface area contributed by atoms with Gasteiger partial charge in [-0.1, -0.05) is 66.2 Å². The summed E-state index contributed by atoms with van der Waals surface area (Å²) in [5, 5.41) is 11.0. The maximum absolute atomic E-state index is 13.6. The first kappa shape index (κ1) is 19.4. The van der Waals surface area contributed by atoms with Crippen LogP contribution in [0.2, 0.25) is 5.02 Å². The molecule has 0 amide bonds. The Morgan fingerprint density at radius 1 is 0.852 bits per heavy atom. The fourth-order valence-corrected chi connectivity index (χ4v) is 3.05. The number of alkyl halides is 3. The summed E-state index contributed by atoms with van der Waals surface area (Å²) in [5.41, 5.74) is 6.43. The molecule has 0 saturated heterocycles. The van der Waals surface area contributed by atoms with Gasteiger partial charge >= 0.3 is 6.18 Å². The highest BCUT2D eigenvalue weighted by Gasteiger charge is 2.35. The first-order valence-electron chi connectivity index (χ1n) is 8.23. The first-order valence-corrected chi connectivity index (χ1v) is 8.61. The van der Waals surface area contributed by atoms with Crippen LogP contribution in [-0.4, -0.2) is 5.11 Å². The molecule has 0 aromatic heterocycles. The van der Waals surface area contributed by atoms with Crippen LogP contribution in [0.3, 0.4) is 0 Å². The number of aliphatic hydroxyl groups excluding tert-OH is 1. The predicted molar refractivity (Wildman–Crippen MR) is 100 cm³/mol. The second kappa shape index (κ2) is 7.72. The van der Waals surface area contributed by atoms with Crippen LogP contribution >= 0.6 is 11.6 Å². The van der Waals surface area contributed by atoms with Crippen molar-refractivity contribution in [2.75, 3.05) is 0 Å². The molecule has 0 aliphatic carbocycles. The van der Waals surface area contributed by atoms with Gasteiger partial charge in [0.15, 0.2) is 0 Å². The third kappa shape index (κ3) is 4.33. The van der Waals surface area contributed by atoms with Gasteiger partial charge in [-0.25, -0.2) is 0 Å². The smallest absolute Gasteiger partial charge is 0.386 e. The lowest BCUT2D eigenvalue weighted by Gasteiger charge is -2.22. The van der Waals surface area contributed by atoms with Gasteiger partial charge in [-0.3, -0.25) is 0 Å². The molecule has 6 heteroatoms. The lowest BCUT2D eigenvalue weighted by molar-refractivity contribution is -0.137. The van der Waals surface area contributed by atoms with E-state index in [1.165, 1.54) is 12.1 Å². The van der Waals surface area contributed by atoms with Crippen LogP contribution < -0.4 is 5.73 Å². The summed E-state index contributed by atoms with van der Waals surface area (Å²) in [6.45, 7) is 0. The van der Waals surface area contributed by atoms with E-state index in [-0.39, 0.29) is 11.1 Å². The van der Waals surface area contributed by atoms with E-state index in [4.69, 9.17) is 17.3 Å². The van der Waals surface area contributed by atoms with Crippen molar-refractivity contribution >= 4 is 11.6 Å². The van der Waals surface area contributed by atoms with Crippen molar-refractivity contribution < 1.29 is 18.3 Å². The van der Waals surface area contributed by atoms with Crippen molar-refractivity contribution in [2.45, 2.75) is 18.3 Å².